The van der Waals surface area contributed by atoms with Gasteiger partial charge in [-0.2, -0.15) is 0 Å². The molecule has 0 radical (unpaired) electrons. The van der Waals surface area contributed by atoms with Crippen LogP contribution in [0.25, 0.3) is 0 Å². The molecule has 0 aromatic heterocycles. The van der Waals surface area contributed by atoms with E-state index >= 15 is 0 Å². The number of likely N-dealkylation sites (tertiary alicyclic amines) is 1. The second kappa shape index (κ2) is 8.56. The molecule has 1 saturated heterocycles. The maximum Gasteiger partial charge on any atom is 0.232 e. The van der Waals surface area contributed by atoms with E-state index in [9.17, 15) is 13.2 Å². The van der Waals surface area contributed by atoms with Gasteiger partial charge in [0.05, 0.1) is 18.6 Å². The first-order valence-corrected chi connectivity index (χ1v) is 10.6. The van der Waals surface area contributed by atoms with Crippen molar-refractivity contribution in [3.8, 4) is 5.75 Å². The van der Waals surface area contributed by atoms with Gasteiger partial charge in [-0.05, 0) is 49.9 Å². The standard InChI is InChI=1S/C18H28N2O4S/c1-4-24-17-9-7-16(8-10-17)20(25(3,22)23)13-11-18(21)19-12-5-6-15(2)14-19/h7-10,15H,4-6,11-14H2,1-3H3. The number of ether oxygens (including phenoxy) is 1. The van der Waals surface area contributed by atoms with E-state index in [2.05, 4.69) is 6.92 Å². The van der Waals surface area contributed by atoms with Gasteiger partial charge in [0.1, 0.15) is 5.75 Å². The Morgan fingerprint density at radius 1 is 1.32 bits per heavy atom. The quantitative estimate of drug-likeness (QED) is 0.742. The molecule has 1 fully saturated rings. The molecule has 1 heterocycles. The van der Waals surface area contributed by atoms with Crippen molar-refractivity contribution in [2.45, 2.75) is 33.1 Å². The zero-order valence-electron chi connectivity index (χ0n) is 15.3. The predicted octanol–water partition coefficient (Wildman–Crippen LogP) is 2.50. The number of carbonyl (C=O) groups is 1. The summed E-state index contributed by atoms with van der Waals surface area (Å²) in [7, 11) is -3.46. The van der Waals surface area contributed by atoms with Crippen LogP contribution in [0.4, 0.5) is 5.69 Å². The highest BCUT2D eigenvalue weighted by molar-refractivity contribution is 7.92. The number of hydrogen-bond acceptors (Lipinski definition) is 4. The van der Waals surface area contributed by atoms with Crippen LogP contribution in [0.1, 0.15) is 33.1 Å². The molecular formula is C18H28N2O4S. The average molecular weight is 368 g/mol. The first kappa shape index (κ1) is 19.6. The Kier molecular flexibility index (Phi) is 6.70. The van der Waals surface area contributed by atoms with E-state index in [1.807, 2.05) is 11.8 Å². The number of benzene rings is 1. The number of nitrogens with zero attached hydrogens (tertiary/aromatic N) is 2. The van der Waals surface area contributed by atoms with Crippen LogP contribution in [0.3, 0.4) is 0 Å². The number of carbonyl (C=O) groups excluding carboxylic acids is 1. The van der Waals surface area contributed by atoms with Gasteiger partial charge in [0.2, 0.25) is 15.9 Å². The lowest BCUT2D eigenvalue weighted by molar-refractivity contribution is -0.132. The average Bonchev–Trinajstić information content (AvgIpc) is 2.55. The van der Waals surface area contributed by atoms with Gasteiger partial charge in [0.25, 0.3) is 0 Å². The van der Waals surface area contributed by atoms with Crippen molar-refractivity contribution < 1.29 is 17.9 Å². The summed E-state index contributed by atoms with van der Waals surface area (Å²) in [5.74, 6) is 1.22. The van der Waals surface area contributed by atoms with Crippen LogP contribution >= 0.6 is 0 Å². The van der Waals surface area contributed by atoms with Gasteiger partial charge >= 0.3 is 0 Å². The molecule has 25 heavy (non-hydrogen) atoms. The summed E-state index contributed by atoms with van der Waals surface area (Å²) in [6.45, 7) is 6.27. The van der Waals surface area contributed by atoms with Crippen molar-refractivity contribution >= 4 is 21.6 Å². The lowest BCUT2D eigenvalue weighted by Crippen LogP contribution is -2.41. The Morgan fingerprint density at radius 2 is 2.00 bits per heavy atom. The fourth-order valence-electron chi connectivity index (χ4n) is 3.13. The van der Waals surface area contributed by atoms with E-state index < -0.39 is 10.0 Å². The van der Waals surface area contributed by atoms with Gasteiger partial charge in [0, 0.05) is 26.1 Å². The molecular weight excluding hydrogens is 340 g/mol. The normalized spacial score (nSPS) is 18.0. The Balaban J connectivity index is 2.04. The zero-order chi connectivity index (χ0) is 18.4. The fourth-order valence-corrected chi connectivity index (χ4v) is 4.06. The summed E-state index contributed by atoms with van der Waals surface area (Å²) in [5.41, 5.74) is 0.547. The molecule has 1 atom stereocenters. The van der Waals surface area contributed by atoms with E-state index in [-0.39, 0.29) is 18.9 Å². The molecule has 1 unspecified atom stereocenters. The van der Waals surface area contributed by atoms with E-state index in [1.165, 1.54) is 4.31 Å². The maximum atomic E-state index is 12.4. The number of amides is 1. The minimum atomic E-state index is -3.46. The van der Waals surface area contributed by atoms with Crippen molar-refractivity contribution in [2.24, 2.45) is 5.92 Å². The molecule has 1 aliphatic heterocycles. The zero-order valence-corrected chi connectivity index (χ0v) is 16.1. The molecule has 1 aliphatic rings. The van der Waals surface area contributed by atoms with Crippen LogP contribution < -0.4 is 9.04 Å². The highest BCUT2D eigenvalue weighted by Crippen LogP contribution is 2.22. The Morgan fingerprint density at radius 3 is 2.56 bits per heavy atom. The number of sulfonamides is 1. The van der Waals surface area contributed by atoms with Gasteiger partial charge in [-0.15, -0.1) is 0 Å². The minimum Gasteiger partial charge on any atom is -0.494 e. The molecule has 0 spiro atoms. The molecule has 7 heteroatoms. The van der Waals surface area contributed by atoms with Crippen molar-refractivity contribution in [3.63, 3.8) is 0 Å². The minimum absolute atomic E-state index is 0.0196. The summed E-state index contributed by atoms with van der Waals surface area (Å²) in [6, 6.07) is 6.90. The number of rotatable bonds is 7. The monoisotopic (exact) mass is 368 g/mol. The summed E-state index contributed by atoms with van der Waals surface area (Å²) in [4.78, 5) is 14.3. The van der Waals surface area contributed by atoms with Crippen LogP contribution in [0, 0.1) is 5.92 Å². The maximum absolute atomic E-state index is 12.4. The SMILES string of the molecule is CCOc1ccc(N(CCC(=O)N2CCCC(C)C2)S(C)(=O)=O)cc1. The second-order valence-electron chi connectivity index (χ2n) is 6.60. The largest absolute Gasteiger partial charge is 0.494 e. The summed E-state index contributed by atoms with van der Waals surface area (Å²) >= 11 is 0. The Bertz CT molecular complexity index is 673. The molecule has 6 nitrogen and oxygen atoms in total. The third-order valence-corrected chi connectivity index (χ3v) is 5.57. The predicted molar refractivity (Wildman–Crippen MR) is 99.4 cm³/mol. The van der Waals surface area contributed by atoms with E-state index in [1.54, 1.807) is 24.3 Å². The molecule has 0 N–H and O–H groups in total. The highest BCUT2D eigenvalue weighted by atomic mass is 32.2. The molecule has 0 saturated carbocycles. The molecule has 1 aromatic rings. The van der Waals surface area contributed by atoms with Crippen molar-refractivity contribution in [1.29, 1.82) is 0 Å². The van der Waals surface area contributed by atoms with Crippen molar-refractivity contribution in [3.05, 3.63) is 24.3 Å². The highest BCUT2D eigenvalue weighted by Gasteiger charge is 2.23. The second-order valence-corrected chi connectivity index (χ2v) is 8.51. The smallest absolute Gasteiger partial charge is 0.232 e. The van der Waals surface area contributed by atoms with Crippen LogP contribution in [-0.2, 0) is 14.8 Å². The van der Waals surface area contributed by atoms with Crippen molar-refractivity contribution in [2.75, 3.05) is 36.8 Å². The molecule has 140 valence electrons. The third kappa shape index (κ3) is 5.63. The number of hydrogen-bond donors (Lipinski definition) is 0. The van der Waals surface area contributed by atoms with E-state index in [0.717, 1.165) is 32.2 Å². The van der Waals surface area contributed by atoms with Gasteiger partial charge in [-0.1, -0.05) is 6.92 Å². The van der Waals surface area contributed by atoms with Crippen LogP contribution in [0.15, 0.2) is 24.3 Å². The lowest BCUT2D eigenvalue weighted by Gasteiger charge is -2.31. The van der Waals surface area contributed by atoms with Crippen LogP contribution in [-0.4, -0.2) is 51.7 Å². The molecule has 0 bridgehead atoms. The molecule has 1 aromatic carbocycles. The fraction of sp³-hybridized carbons (Fsp3) is 0.611. The van der Waals surface area contributed by atoms with Crippen LogP contribution in [0.5, 0.6) is 5.75 Å². The van der Waals surface area contributed by atoms with Crippen molar-refractivity contribution in [1.82, 2.24) is 4.90 Å². The lowest BCUT2D eigenvalue weighted by atomic mass is 10.00. The summed E-state index contributed by atoms with van der Waals surface area (Å²) in [6.07, 6.45) is 3.51. The van der Waals surface area contributed by atoms with E-state index in [0.29, 0.717) is 24.0 Å². The van der Waals surface area contributed by atoms with Crippen LogP contribution in [0.2, 0.25) is 0 Å². The van der Waals surface area contributed by atoms with Gasteiger partial charge < -0.3 is 9.64 Å². The first-order valence-electron chi connectivity index (χ1n) is 8.79. The summed E-state index contributed by atoms with van der Waals surface area (Å²) in [5, 5.41) is 0. The Hall–Kier alpha value is -1.76. The van der Waals surface area contributed by atoms with Gasteiger partial charge in [-0.3, -0.25) is 9.10 Å². The third-order valence-electron chi connectivity index (χ3n) is 4.37. The molecule has 2 rings (SSSR count). The van der Waals surface area contributed by atoms with E-state index in [4.69, 9.17) is 4.74 Å². The molecule has 1 amide bonds. The number of piperidine rings is 1. The van der Waals surface area contributed by atoms with Gasteiger partial charge in [-0.25, -0.2) is 8.42 Å². The number of anilines is 1. The van der Waals surface area contributed by atoms with Gasteiger partial charge in [0.15, 0.2) is 0 Å². The Labute approximate surface area is 150 Å². The first-order chi connectivity index (χ1) is 11.8. The summed E-state index contributed by atoms with van der Waals surface area (Å²) < 4.78 is 31.0. The molecule has 0 aliphatic carbocycles. The topological polar surface area (TPSA) is 66.9 Å².